The molecule has 1 unspecified atom stereocenters. The largest absolute Gasteiger partial charge is 0.472 e. The summed E-state index contributed by atoms with van der Waals surface area (Å²) in [4.78, 5) is 36.9. The first kappa shape index (κ1) is 24.0. The van der Waals surface area contributed by atoms with E-state index in [1.165, 1.54) is 41.8 Å². The summed E-state index contributed by atoms with van der Waals surface area (Å²) in [7, 11) is 0. The molecule has 3 N–H and O–H groups in total. The number of hydrogen-bond acceptors (Lipinski definition) is 4. The molecule has 0 radical (unpaired) electrons. The van der Waals surface area contributed by atoms with Gasteiger partial charge in [-0.15, -0.1) is 0 Å². The first-order valence-electron chi connectivity index (χ1n) is 9.79. The van der Waals surface area contributed by atoms with Gasteiger partial charge in [-0.1, -0.05) is 24.3 Å². The molecule has 0 spiro atoms. The van der Waals surface area contributed by atoms with Gasteiger partial charge in [0.1, 0.15) is 5.82 Å². The van der Waals surface area contributed by atoms with Gasteiger partial charge in [-0.2, -0.15) is 13.2 Å². The van der Waals surface area contributed by atoms with Crippen LogP contribution in [0, 0.1) is 5.82 Å². The summed E-state index contributed by atoms with van der Waals surface area (Å²) >= 11 is 0. The Morgan fingerprint density at radius 3 is 2.30 bits per heavy atom. The zero-order chi connectivity index (χ0) is 24.0. The molecular weight excluding hydrogens is 448 g/mol. The molecule has 1 aliphatic heterocycles. The fourth-order valence-corrected chi connectivity index (χ4v) is 3.12. The number of urea groups is 1. The Balaban J connectivity index is 1.54. The highest BCUT2D eigenvalue weighted by atomic mass is 19.4. The molecule has 8 nitrogen and oxygen atoms in total. The maximum absolute atomic E-state index is 13.2. The van der Waals surface area contributed by atoms with Crippen molar-refractivity contribution in [2.75, 3.05) is 19.8 Å². The van der Waals surface area contributed by atoms with E-state index in [2.05, 4.69) is 5.32 Å². The highest BCUT2D eigenvalue weighted by molar-refractivity contribution is 5.95. The number of carbonyl (C=O) groups is 3. The average Bonchev–Trinajstić information content (AvgIpc) is 2.81. The van der Waals surface area contributed by atoms with Crippen LogP contribution in [0.1, 0.15) is 27.5 Å². The number of benzene rings is 2. The topological polar surface area (TPSA) is 99.8 Å². The van der Waals surface area contributed by atoms with Crippen LogP contribution in [-0.4, -0.2) is 48.7 Å². The molecule has 1 heterocycles. The molecule has 1 fully saturated rings. The highest BCUT2D eigenvalue weighted by Gasteiger charge is 2.39. The summed E-state index contributed by atoms with van der Waals surface area (Å²) in [5.41, 5.74) is 4.32. The van der Waals surface area contributed by atoms with Crippen molar-refractivity contribution in [3.8, 4) is 0 Å². The molecule has 1 atom stereocenters. The zero-order valence-electron chi connectivity index (χ0n) is 17.1. The van der Waals surface area contributed by atoms with Crippen LogP contribution in [0.5, 0.6) is 0 Å². The molecule has 1 aliphatic rings. The summed E-state index contributed by atoms with van der Waals surface area (Å²) in [6.45, 7) is 1.10. The van der Waals surface area contributed by atoms with Gasteiger partial charge in [0.05, 0.1) is 19.3 Å². The Bertz CT molecular complexity index is 997. The molecule has 176 valence electrons. The Morgan fingerprint density at radius 1 is 1.00 bits per heavy atom. The SMILES string of the molecule is O=C(NNC(=O)C(F)(F)F)c1ccc(CNC(=O)N2CCOCC2c2ccc(F)cc2)cc1. The standard InChI is InChI=1S/C21H20F4N4O4/c22-16-7-5-14(6-8-16)17-12-33-10-9-29(17)20(32)26-11-13-1-3-15(4-2-13)18(30)27-28-19(31)21(23,24)25/h1-8,17H,9-12H2,(H,26,32)(H,27,30)(H,28,31). The zero-order valence-corrected chi connectivity index (χ0v) is 17.1. The Labute approximate surface area is 185 Å². The predicted octanol–water partition coefficient (Wildman–Crippen LogP) is 2.43. The maximum Gasteiger partial charge on any atom is 0.472 e. The van der Waals surface area contributed by atoms with Crippen LogP contribution in [0.15, 0.2) is 48.5 Å². The molecule has 0 aliphatic carbocycles. The maximum atomic E-state index is 13.2. The molecular formula is C21H20F4N4O4. The number of morpholine rings is 1. The number of rotatable bonds is 4. The van der Waals surface area contributed by atoms with Crippen molar-refractivity contribution in [2.24, 2.45) is 0 Å². The monoisotopic (exact) mass is 468 g/mol. The minimum Gasteiger partial charge on any atom is -0.377 e. The Kier molecular flexibility index (Phi) is 7.48. The van der Waals surface area contributed by atoms with Crippen LogP contribution in [0.4, 0.5) is 22.4 Å². The van der Waals surface area contributed by atoms with Crippen molar-refractivity contribution in [3.63, 3.8) is 0 Å². The number of alkyl halides is 3. The number of halogens is 4. The van der Waals surface area contributed by atoms with E-state index < -0.39 is 18.0 Å². The second-order valence-corrected chi connectivity index (χ2v) is 7.10. The minimum atomic E-state index is -5.12. The van der Waals surface area contributed by atoms with Gasteiger partial charge >= 0.3 is 18.1 Å². The van der Waals surface area contributed by atoms with E-state index in [0.717, 1.165) is 5.56 Å². The number of amides is 4. The molecule has 0 saturated carbocycles. The molecule has 2 aromatic rings. The van der Waals surface area contributed by atoms with Crippen LogP contribution in [-0.2, 0) is 16.1 Å². The summed E-state index contributed by atoms with van der Waals surface area (Å²) in [6, 6.07) is 10.8. The van der Waals surface area contributed by atoms with E-state index in [1.807, 2.05) is 0 Å². The lowest BCUT2D eigenvalue weighted by Gasteiger charge is -2.35. The second kappa shape index (κ2) is 10.3. The van der Waals surface area contributed by atoms with E-state index >= 15 is 0 Å². The van der Waals surface area contributed by atoms with Gasteiger partial charge in [-0.05, 0) is 35.4 Å². The molecule has 1 saturated heterocycles. The van der Waals surface area contributed by atoms with E-state index in [4.69, 9.17) is 4.74 Å². The fraction of sp³-hybridized carbons (Fsp3) is 0.286. The number of nitrogens with zero attached hydrogens (tertiary/aromatic N) is 1. The Morgan fingerprint density at radius 2 is 1.67 bits per heavy atom. The summed E-state index contributed by atoms with van der Waals surface area (Å²) in [6.07, 6.45) is -5.12. The van der Waals surface area contributed by atoms with Crippen molar-refractivity contribution in [3.05, 3.63) is 71.0 Å². The van der Waals surface area contributed by atoms with Gasteiger partial charge in [0, 0.05) is 18.7 Å². The summed E-state index contributed by atoms with van der Waals surface area (Å²) in [5.74, 6) is -3.61. The lowest BCUT2D eigenvalue weighted by molar-refractivity contribution is -0.174. The van der Waals surface area contributed by atoms with E-state index in [-0.39, 0.29) is 36.6 Å². The highest BCUT2D eigenvalue weighted by Crippen LogP contribution is 2.24. The van der Waals surface area contributed by atoms with E-state index in [9.17, 15) is 31.9 Å². The number of carbonyl (C=O) groups excluding carboxylic acids is 3. The minimum absolute atomic E-state index is 0.0112. The molecule has 3 rings (SSSR count). The number of nitrogens with one attached hydrogen (secondary N) is 3. The first-order valence-corrected chi connectivity index (χ1v) is 9.79. The van der Waals surface area contributed by atoms with Gasteiger partial charge < -0.3 is 15.0 Å². The third kappa shape index (κ3) is 6.42. The molecule has 2 aromatic carbocycles. The summed E-state index contributed by atoms with van der Waals surface area (Å²) in [5, 5.41) is 2.76. The van der Waals surface area contributed by atoms with Crippen molar-refractivity contribution in [1.29, 1.82) is 0 Å². The van der Waals surface area contributed by atoms with Crippen LogP contribution in [0.25, 0.3) is 0 Å². The van der Waals surface area contributed by atoms with Crippen LogP contribution in [0.3, 0.4) is 0 Å². The van der Waals surface area contributed by atoms with Gasteiger partial charge in [0.2, 0.25) is 0 Å². The van der Waals surface area contributed by atoms with Crippen molar-refractivity contribution in [2.45, 2.75) is 18.8 Å². The quantitative estimate of drug-likeness (QED) is 0.474. The number of ether oxygens (including phenoxy) is 1. The van der Waals surface area contributed by atoms with Crippen molar-refractivity contribution in [1.82, 2.24) is 21.1 Å². The molecule has 4 amide bonds. The molecule has 33 heavy (non-hydrogen) atoms. The van der Waals surface area contributed by atoms with Crippen LogP contribution < -0.4 is 16.2 Å². The van der Waals surface area contributed by atoms with Gasteiger partial charge in [0.15, 0.2) is 0 Å². The van der Waals surface area contributed by atoms with Gasteiger partial charge in [-0.3, -0.25) is 20.4 Å². The van der Waals surface area contributed by atoms with E-state index in [1.54, 1.807) is 22.5 Å². The number of hydrogen-bond donors (Lipinski definition) is 3. The van der Waals surface area contributed by atoms with Crippen molar-refractivity contribution < 1.29 is 36.7 Å². The second-order valence-electron chi connectivity index (χ2n) is 7.10. The normalized spacial score (nSPS) is 16.1. The molecule has 0 bridgehead atoms. The number of hydrazine groups is 1. The predicted molar refractivity (Wildman–Crippen MR) is 107 cm³/mol. The van der Waals surface area contributed by atoms with Crippen LogP contribution >= 0.6 is 0 Å². The summed E-state index contributed by atoms with van der Waals surface area (Å²) < 4.78 is 55.1. The van der Waals surface area contributed by atoms with Gasteiger partial charge in [0.25, 0.3) is 5.91 Å². The molecule has 0 aromatic heterocycles. The smallest absolute Gasteiger partial charge is 0.377 e. The first-order chi connectivity index (χ1) is 15.6. The molecule has 12 heteroatoms. The fourth-order valence-electron chi connectivity index (χ4n) is 3.12. The lowest BCUT2D eigenvalue weighted by atomic mass is 10.1. The van der Waals surface area contributed by atoms with Crippen LogP contribution in [0.2, 0.25) is 0 Å². The lowest BCUT2D eigenvalue weighted by Crippen LogP contribution is -2.48. The third-order valence-corrected chi connectivity index (χ3v) is 4.85. The Hall–Kier alpha value is -3.67. The van der Waals surface area contributed by atoms with Gasteiger partial charge in [-0.25, -0.2) is 9.18 Å². The van der Waals surface area contributed by atoms with E-state index in [0.29, 0.717) is 18.7 Å². The van der Waals surface area contributed by atoms with Crippen molar-refractivity contribution >= 4 is 17.8 Å². The average molecular weight is 468 g/mol. The third-order valence-electron chi connectivity index (χ3n) is 4.85.